The van der Waals surface area contributed by atoms with Crippen LogP contribution in [0.2, 0.25) is 0 Å². The smallest absolute Gasteiger partial charge is 0.329 e. The van der Waals surface area contributed by atoms with Gasteiger partial charge in [0.15, 0.2) is 0 Å². The Bertz CT molecular complexity index is 963. The van der Waals surface area contributed by atoms with Crippen LogP contribution in [0.5, 0.6) is 5.75 Å². The van der Waals surface area contributed by atoms with E-state index in [4.69, 9.17) is 10.5 Å². The molecule has 8 nitrogen and oxygen atoms in total. The van der Waals surface area contributed by atoms with Gasteiger partial charge in [-0.3, -0.25) is 9.59 Å². The van der Waals surface area contributed by atoms with Crippen molar-refractivity contribution in [1.29, 1.82) is 0 Å². The first kappa shape index (κ1) is 27.9. The van der Waals surface area contributed by atoms with Crippen LogP contribution in [0, 0.1) is 11.8 Å². The van der Waals surface area contributed by atoms with E-state index in [2.05, 4.69) is 10.6 Å². The zero-order chi connectivity index (χ0) is 26.0. The van der Waals surface area contributed by atoms with Crippen LogP contribution in [-0.2, 0) is 32.1 Å². The Morgan fingerprint density at radius 2 is 1.54 bits per heavy atom. The second kappa shape index (κ2) is 13.5. The SMILES string of the molecule is CCC(C)[C@H](NC(=O)[C@H](Cc1ccc(O)cc1)NC(=O)[C@@H](N)C(C)C)C(=O)OCc1ccccc1. The van der Waals surface area contributed by atoms with Crippen molar-refractivity contribution < 1.29 is 24.2 Å². The fourth-order valence-corrected chi connectivity index (χ4v) is 3.39. The number of nitrogens with one attached hydrogen (secondary N) is 2. The number of carbonyl (C=O) groups is 3. The molecule has 0 saturated heterocycles. The molecule has 35 heavy (non-hydrogen) atoms. The fourth-order valence-electron chi connectivity index (χ4n) is 3.39. The van der Waals surface area contributed by atoms with Gasteiger partial charge < -0.3 is 26.2 Å². The van der Waals surface area contributed by atoms with Crippen molar-refractivity contribution in [3.05, 3.63) is 65.7 Å². The topological polar surface area (TPSA) is 131 Å². The Morgan fingerprint density at radius 3 is 2.11 bits per heavy atom. The lowest BCUT2D eigenvalue weighted by Crippen LogP contribution is -2.57. The number of ether oxygens (including phenoxy) is 1. The summed E-state index contributed by atoms with van der Waals surface area (Å²) in [6.07, 6.45) is 0.799. The molecule has 2 aromatic rings. The van der Waals surface area contributed by atoms with Gasteiger partial charge in [-0.1, -0.05) is 76.6 Å². The van der Waals surface area contributed by atoms with Gasteiger partial charge in [-0.25, -0.2) is 4.79 Å². The third-order valence-electron chi connectivity index (χ3n) is 6.02. The minimum atomic E-state index is -0.967. The molecule has 0 heterocycles. The van der Waals surface area contributed by atoms with E-state index < -0.39 is 35.9 Å². The molecule has 0 radical (unpaired) electrons. The van der Waals surface area contributed by atoms with E-state index in [1.54, 1.807) is 12.1 Å². The maximum absolute atomic E-state index is 13.3. The highest BCUT2D eigenvalue weighted by molar-refractivity contribution is 5.92. The quantitative estimate of drug-likeness (QED) is 0.343. The number of phenols is 1. The molecule has 190 valence electrons. The third kappa shape index (κ3) is 8.72. The number of benzene rings is 2. The van der Waals surface area contributed by atoms with E-state index in [1.165, 1.54) is 12.1 Å². The van der Waals surface area contributed by atoms with Gasteiger partial charge in [-0.2, -0.15) is 0 Å². The van der Waals surface area contributed by atoms with E-state index >= 15 is 0 Å². The van der Waals surface area contributed by atoms with Crippen molar-refractivity contribution in [1.82, 2.24) is 10.6 Å². The maximum atomic E-state index is 13.3. The van der Waals surface area contributed by atoms with Crippen molar-refractivity contribution in [2.75, 3.05) is 0 Å². The van der Waals surface area contributed by atoms with Crippen LogP contribution in [0.15, 0.2) is 54.6 Å². The minimum absolute atomic E-state index is 0.0959. The molecule has 0 aromatic heterocycles. The first-order valence-corrected chi connectivity index (χ1v) is 12.0. The molecule has 1 unspecified atom stereocenters. The third-order valence-corrected chi connectivity index (χ3v) is 6.02. The molecule has 5 N–H and O–H groups in total. The van der Waals surface area contributed by atoms with Gasteiger partial charge in [0.05, 0.1) is 6.04 Å². The lowest BCUT2D eigenvalue weighted by Gasteiger charge is -2.27. The Balaban J connectivity index is 2.18. The van der Waals surface area contributed by atoms with E-state index in [0.29, 0.717) is 6.42 Å². The van der Waals surface area contributed by atoms with Gasteiger partial charge >= 0.3 is 5.97 Å². The predicted octanol–water partition coefficient (Wildman–Crippen LogP) is 2.68. The van der Waals surface area contributed by atoms with Crippen molar-refractivity contribution in [3.63, 3.8) is 0 Å². The van der Waals surface area contributed by atoms with E-state index in [1.807, 2.05) is 58.0 Å². The molecule has 2 rings (SSSR count). The molecule has 0 fully saturated rings. The minimum Gasteiger partial charge on any atom is -0.508 e. The normalized spacial score (nSPS) is 14.5. The summed E-state index contributed by atoms with van der Waals surface area (Å²) in [5, 5.41) is 15.1. The molecule has 0 saturated carbocycles. The molecule has 8 heteroatoms. The van der Waals surface area contributed by atoms with Gasteiger partial charge in [0.25, 0.3) is 0 Å². The molecule has 0 bridgehead atoms. The summed E-state index contributed by atoms with van der Waals surface area (Å²) in [7, 11) is 0. The highest BCUT2D eigenvalue weighted by Crippen LogP contribution is 2.14. The first-order chi connectivity index (χ1) is 16.6. The van der Waals surface area contributed by atoms with Crippen molar-refractivity contribution in [2.24, 2.45) is 17.6 Å². The molecule has 0 aliphatic rings. The highest BCUT2D eigenvalue weighted by Gasteiger charge is 2.32. The number of esters is 1. The van der Waals surface area contributed by atoms with Gasteiger partial charge in [0.1, 0.15) is 24.4 Å². The number of amides is 2. The Hall–Kier alpha value is -3.39. The predicted molar refractivity (Wildman–Crippen MR) is 134 cm³/mol. The van der Waals surface area contributed by atoms with Gasteiger partial charge in [-0.05, 0) is 35.1 Å². The zero-order valence-corrected chi connectivity index (χ0v) is 20.9. The Labute approximate surface area is 207 Å². The standard InChI is InChI=1S/C27H37N3O5/c1-5-18(4)24(27(34)35-16-20-9-7-6-8-10-20)30-25(32)22(29-26(33)23(28)17(2)3)15-19-11-13-21(31)14-12-19/h6-14,17-18,22-24,31H,5,15-16,28H2,1-4H3,(H,29,33)(H,30,32)/t18?,22-,23-,24-/m0/s1. The summed E-state index contributed by atoms with van der Waals surface area (Å²) in [6.45, 7) is 7.52. The second-order valence-electron chi connectivity index (χ2n) is 9.17. The number of nitrogens with two attached hydrogens (primary N) is 1. The summed E-state index contributed by atoms with van der Waals surface area (Å²) in [5.74, 6) is -1.71. The van der Waals surface area contributed by atoms with Gasteiger partial charge in [0.2, 0.25) is 11.8 Å². The molecule has 0 spiro atoms. The number of carbonyl (C=O) groups excluding carboxylic acids is 3. The molecular weight excluding hydrogens is 446 g/mol. The monoisotopic (exact) mass is 483 g/mol. The zero-order valence-electron chi connectivity index (χ0n) is 20.9. The molecule has 0 aliphatic carbocycles. The van der Waals surface area contributed by atoms with Crippen molar-refractivity contribution >= 4 is 17.8 Å². The summed E-state index contributed by atoms with van der Waals surface area (Å²) < 4.78 is 5.49. The van der Waals surface area contributed by atoms with Crippen molar-refractivity contribution in [2.45, 2.75) is 65.3 Å². The summed E-state index contributed by atoms with van der Waals surface area (Å²) in [5.41, 5.74) is 7.56. The molecule has 0 aliphatic heterocycles. The Kier molecular flexibility index (Phi) is 10.7. The van der Waals surface area contributed by atoms with Crippen LogP contribution in [0.3, 0.4) is 0 Å². The lowest BCUT2D eigenvalue weighted by molar-refractivity contribution is -0.151. The van der Waals surface area contributed by atoms with E-state index in [-0.39, 0.29) is 30.6 Å². The van der Waals surface area contributed by atoms with E-state index in [9.17, 15) is 19.5 Å². The average molecular weight is 484 g/mol. The largest absolute Gasteiger partial charge is 0.508 e. The van der Waals surface area contributed by atoms with Crippen LogP contribution in [-0.4, -0.2) is 41.0 Å². The maximum Gasteiger partial charge on any atom is 0.329 e. The van der Waals surface area contributed by atoms with Crippen molar-refractivity contribution in [3.8, 4) is 5.75 Å². The average Bonchev–Trinajstić information content (AvgIpc) is 2.86. The molecular formula is C27H37N3O5. The van der Waals surface area contributed by atoms with Crippen LogP contribution >= 0.6 is 0 Å². The van der Waals surface area contributed by atoms with Crippen LogP contribution in [0.4, 0.5) is 0 Å². The summed E-state index contributed by atoms with van der Waals surface area (Å²) in [4.78, 5) is 38.9. The number of hydrogen-bond donors (Lipinski definition) is 4. The van der Waals surface area contributed by atoms with Crippen LogP contribution in [0.1, 0.15) is 45.2 Å². The first-order valence-electron chi connectivity index (χ1n) is 12.0. The van der Waals surface area contributed by atoms with Gasteiger partial charge in [-0.15, -0.1) is 0 Å². The fraction of sp³-hybridized carbons (Fsp3) is 0.444. The number of aromatic hydroxyl groups is 1. The Morgan fingerprint density at radius 1 is 0.914 bits per heavy atom. The second-order valence-corrected chi connectivity index (χ2v) is 9.17. The highest BCUT2D eigenvalue weighted by atomic mass is 16.5. The van der Waals surface area contributed by atoms with Crippen LogP contribution in [0.25, 0.3) is 0 Å². The molecule has 4 atom stereocenters. The number of phenolic OH excluding ortho intramolecular Hbond substituents is 1. The van der Waals surface area contributed by atoms with E-state index in [0.717, 1.165) is 11.1 Å². The number of rotatable bonds is 12. The summed E-state index contributed by atoms with van der Waals surface area (Å²) >= 11 is 0. The van der Waals surface area contributed by atoms with Crippen LogP contribution < -0.4 is 16.4 Å². The molecule has 2 amide bonds. The van der Waals surface area contributed by atoms with Gasteiger partial charge in [0, 0.05) is 6.42 Å². The lowest BCUT2D eigenvalue weighted by atomic mass is 9.97. The number of hydrogen-bond acceptors (Lipinski definition) is 6. The molecule has 2 aromatic carbocycles. The summed E-state index contributed by atoms with van der Waals surface area (Å²) in [6, 6.07) is 13.0.